The number of phenols is 1. The summed E-state index contributed by atoms with van der Waals surface area (Å²) in [7, 11) is -4.69. The number of phosphoric ester groups is 1. The Morgan fingerprint density at radius 2 is 1.06 bits per heavy atom. The van der Waals surface area contributed by atoms with Gasteiger partial charge in [0.2, 0.25) is 0 Å². The smallest absolute Gasteiger partial charge is 0.507 e. The van der Waals surface area contributed by atoms with Crippen LogP contribution in [0.3, 0.4) is 0 Å². The summed E-state index contributed by atoms with van der Waals surface area (Å²) >= 11 is 0. The summed E-state index contributed by atoms with van der Waals surface area (Å²) in [6.07, 6.45) is 9.89. The number of hydrogen-bond donors (Lipinski definition) is 1. The van der Waals surface area contributed by atoms with Crippen molar-refractivity contribution in [2.45, 2.75) is 233 Å². The summed E-state index contributed by atoms with van der Waals surface area (Å²) in [5.41, 5.74) is 9.80. The van der Waals surface area contributed by atoms with Crippen LogP contribution in [0.5, 0.6) is 11.5 Å². The van der Waals surface area contributed by atoms with E-state index in [4.69, 9.17) is 13.6 Å². The Labute approximate surface area is 416 Å². The monoisotopic (exact) mass is 951 g/mol. The first-order chi connectivity index (χ1) is 30.7. The fraction of sp³-hybridized carbons (Fsp3) is 0.645. The fourth-order valence-electron chi connectivity index (χ4n) is 9.61. The molecule has 0 amide bonds. The third kappa shape index (κ3) is 10.9. The van der Waals surface area contributed by atoms with Gasteiger partial charge in [0.1, 0.15) is 23.0 Å². The second-order valence-corrected chi connectivity index (χ2v) is 28.9. The van der Waals surface area contributed by atoms with E-state index in [1.54, 1.807) is 0 Å². The summed E-state index contributed by atoms with van der Waals surface area (Å²) in [6, 6.07) is 8.62. The van der Waals surface area contributed by atoms with Crippen molar-refractivity contribution in [3.63, 3.8) is 0 Å². The summed E-state index contributed by atoms with van der Waals surface area (Å²) in [5.74, 6) is 1.99. The number of allylic oxidation sites excluding steroid dienone is 9. The van der Waals surface area contributed by atoms with Gasteiger partial charge in [0.15, 0.2) is 0 Å². The molecule has 2 unspecified atom stereocenters. The molecule has 0 saturated carbocycles. The summed E-state index contributed by atoms with van der Waals surface area (Å²) in [4.78, 5) is 0. The largest absolute Gasteiger partial charge is 0.646 e. The summed E-state index contributed by atoms with van der Waals surface area (Å²) in [6.45, 7) is 55.9. The van der Waals surface area contributed by atoms with Crippen molar-refractivity contribution < 1.29 is 23.2 Å². The molecule has 3 aliphatic rings. The first-order valence-corrected chi connectivity index (χ1v) is 27.6. The van der Waals surface area contributed by atoms with Gasteiger partial charge in [-0.05, 0) is 111 Å². The number of phenolic OH excluding ortho intramolecular Hbond substituents is 1. The topological polar surface area (TPSA) is 65.0 Å². The van der Waals surface area contributed by atoms with Crippen LogP contribution in [0.25, 0.3) is 11.1 Å². The summed E-state index contributed by atoms with van der Waals surface area (Å²) < 4.78 is 39.1. The highest BCUT2D eigenvalue weighted by Gasteiger charge is 2.49. The Morgan fingerprint density at radius 1 is 0.588 bits per heavy atom. The number of phosphoric acid groups is 1. The first kappa shape index (κ1) is 55.5. The highest BCUT2D eigenvalue weighted by Crippen LogP contribution is 2.65. The quantitative estimate of drug-likeness (QED) is 0.227. The zero-order valence-corrected chi connectivity index (χ0v) is 48.7. The Kier molecular flexibility index (Phi) is 14.9. The van der Waals surface area contributed by atoms with Gasteiger partial charge in [-0.25, -0.2) is 0 Å². The predicted molar refractivity (Wildman–Crippen MR) is 291 cm³/mol. The Morgan fingerprint density at radius 3 is 1.53 bits per heavy atom. The van der Waals surface area contributed by atoms with E-state index in [2.05, 4.69) is 210 Å². The molecular formula is C62H95O5P. The van der Waals surface area contributed by atoms with Crippen molar-refractivity contribution in [1.29, 1.82) is 0 Å². The molecular weight excluding hydrogens is 856 g/mol. The standard InChI is InChI=1S/C62H95O5P/c1-26-59(18,19)41-30-38(5)50-45-33-42(60(20,21)27-2)37-49(61(22,23)28-3)53(45)66-68(64,67-54(46(50)34-41)62(24,25)29-4)65-52-44(32-40(56(9,10)11)36-48(52)58(15,16)17)43-31-39(55(6,7)8)35-47(51(43)63)57(12,13)14/h31-32,34-38,63H,26-30,33H2,1-25H3/b50-45-,54-46-. The van der Waals surface area contributed by atoms with Gasteiger partial charge in [0.05, 0.1) is 0 Å². The number of fused-ring (bicyclic) bond motifs is 2. The minimum atomic E-state index is -4.69. The van der Waals surface area contributed by atoms with Crippen LogP contribution in [-0.4, -0.2) is 5.11 Å². The minimum Gasteiger partial charge on any atom is -0.507 e. The predicted octanol–water partition coefficient (Wildman–Crippen LogP) is 19.6. The van der Waals surface area contributed by atoms with E-state index in [1.165, 1.54) is 16.7 Å². The Hall–Kier alpha value is -3.43. The van der Waals surface area contributed by atoms with Crippen LogP contribution in [0.2, 0.25) is 0 Å². The molecule has 5 rings (SSSR count). The minimum absolute atomic E-state index is 0.0609. The van der Waals surface area contributed by atoms with Gasteiger partial charge in [-0.3, -0.25) is 0 Å². The third-order valence-electron chi connectivity index (χ3n) is 16.5. The molecule has 0 saturated heterocycles. The molecule has 2 aliphatic carbocycles. The van der Waals surface area contributed by atoms with Gasteiger partial charge in [-0.1, -0.05) is 209 Å². The molecule has 0 aromatic heterocycles. The molecule has 0 radical (unpaired) electrons. The van der Waals surface area contributed by atoms with Crippen LogP contribution < -0.4 is 4.52 Å². The lowest BCUT2D eigenvalue weighted by Crippen LogP contribution is -2.30. The van der Waals surface area contributed by atoms with Crippen LogP contribution in [0.4, 0.5) is 0 Å². The van der Waals surface area contributed by atoms with Crippen molar-refractivity contribution in [2.24, 2.45) is 27.6 Å². The van der Waals surface area contributed by atoms with E-state index < -0.39 is 18.7 Å². The van der Waals surface area contributed by atoms with Crippen molar-refractivity contribution in [1.82, 2.24) is 0 Å². The van der Waals surface area contributed by atoms with E-state index in [9.17, 15) is 5.11 Å². The number of hydrogen-bond acceptors (Lipinski definition) is 5. The highest BCUT2D eigenvalue weighted by atomic mass is 31.2. The van der Waals surface area contributed by atoms with Crippen molar-refractivity contribution in [3.05, 3.63) is 104 Å². The molecule has 0 fully saturated rings. The maximum atomic E-state index is 17.0. The number of benzene rings is 2. The Balaban J connectivity index is 2.08. The SMILES string of the molecule is CCC(C)(C)C1=CC(C(C)(C)CC)=C2OP(=O)(Oc3c(-c4cc(C(C)(C)C)cc(C(C)(C)C)c4O)cc(C(C)(C)C)cc3C(C)(C)C)O/C(C(C)(C)CC)=C3/C=C(C(C)(C)CC)CC(C)/C3=C/2C1. The van der Waals surface area contributed by atoms with Crippen molar-refractivity contribution in [2.75, 3.05) is 0 Å². The average Bonchev–Trinajstić information content (AvgIpc) is 3.20. The third-order valence-corrected chi connectivity index (χ3v) is 17.7. The molecule has 1 N–H and O–H groups in total. The fourth-order valence-corrected chi connectivity index (χ4v) is 11.1. The van der Waals surface area contributed by atoms with E-state index in [0.717, 1.165) is 71.1 Å². The molecule has 5 nitrogen and oxygen atoms in total. The molecule has 2 aromatic carbocycles. The maximum Gasteiger partial charge on any atom is 0.646 e. The second-order valence-electron chi connectivity index (χ2n) is 27.5. The lowest BCUT2D eigenvalue weighted by Gasteiger charge is -2.43. The van der Waals surface area contributed by atoms with E-state index >= 15 is 4.57 Å². The van der Waals surface area contributed by atoms with E-state index in [1.807, 2.05) is 0 Å². The second kappa shape index (κ2) is 18.3. The van der Waals surface area contributed by atoms with Gasteiger partial charge in [0, 0.05) is 44.4 Å². The van der Waals surface area contributed by atoms with E-state index in [0.29, 0.717) is 34.8 Å². The lowest BCUT2D eigenvalue weighted by molar-refractivity contribution is 0.174. The van der Waals surface area contributed by atoms with Crippen LogP contribution in [0.15, 0.2) is 81.4 Å². The number of aromatic hydroxyl groups is 1. The van der Waals surface area contributed by atoms with Crippen molar-refractivity contribution >= 4 is 7.82 Å². The molecule has 378 valence electrons. The van der Waals surface area contributed by atoms with Gasteiger partial charge in [-0.2, -0.15) is 4.57 Å². The molecule has 1 heterocycles. The zero-order chi connectivity index (χ0) is 51.9. The van der Waals surface area contributed by atoms with E-state index in [-0.39, 0.29) is 44.2 Å². The zero-order valence-electron chi connectivity index (χ0n) is 47.8. The molecule has 2 aromatic rings. The van der Waals surface area contributed by atoms with Crippen LogP contribution in [-0.2, 0) is 35.3 Å². The molecule has 0 spiro atoms. The molecule has 1 aliphatic heterocycles. The molecule has 2 atom stereocenters. The van der Waals surface area contributed by atoms with Crippen LogP contribution >= 0.6 is 7.82 Å². The number of rotatable bonds is 11. The van der Waals surface area contributed by atoms with Gasteiger partial charge < -0.3 is 18.7 Å². The van der Waals surface area contributed by atoms with Gasteiger partial charge in [0.25, 0.3) is 0 Å². The van der Waals surface area contributed by atoms with Crippen LogP contribution in [0, 0.1) is 27.6 Å². The summed E-state index contributed by atoms with van der Waals surface area (Å²) in [5, 5.41) is 12.7. The van der Waals surface area contributed by atoms with Crippen molar-refractivity contribution in [3.8, 4) is 22.6 Å². The molecule has 0 bridgehead atoms. The lowest BCUT2D eigenvalue weighted by atomic mass is 9.65. The first-order valence-electron chi connectivity index (χ1n) is 26.1. The maximum absolute atomic E-state index is 17.0. The highest BCUT2D eigenvalue weighted by molar-refractivity contribution is 7.49. The molecule has 68 heavy (non-hydrogen) atoms. The van der Waals surface area contributed by atoms with Gasteiger partial charge in [-0.15, -0.1) is 0 Å². The Bertz CT molecular complexity index is 2500. The van der Waals surface area contributed by atoms with Gasteiger partial charge >= 0.3 is 7.82 Å². The average molecular weight is 951 g/mol. The van der Waals surface area contributed by atoms with Crippen LogP contribution in [0.1, 0.15) is 234 Å². The molecule has 6 heteroatoms. The normalized spacial score (nSPS) is 22.6.